The minimum Gasteiger partial charge on any atom is -0.490 e. The third-order valence-corrected chi connectivity index (χ3v) is 6.73. The summed E-state index contributed by atoms with van der Waals surface area (Å²) in [6.45, 7) is 5.22. The highest BCUT2D eigenvalue weighted by molar-refractivity contribution is 7.25. The first-order valence-electron chi connectivity index (χ1n) is 10.1. The molecule has 28 heavy (non-hydrogen) atoms. The smallest absolute Gasteiger partial charge is 0.182 e. The number of hydrogen-bond acceptors (Lipinski definition) is 3. The van der Waals surface area contributed by atoms with Gasteiger partial charge in [0.2, 0.25) is 0 Å². The molecule has 1 aromatic heterocycles. The Morgan fingerprint density at radius 2 is 1.50 bits per heavy atom. The summed E-state index contributed by atoms with van der Waals surface area (Å²) in [5.41, 5.74) is 0. The Kier molecular flexibility index (Phi) is 5.72. The first-order chi connectivity index (χ1) is 13.5. The minimum absolute atomic E-state index is 0.234. The molecule has 0 aliphatic heterocycles. The van der Waals surface area contributed by atoms with Crippen LogP contribution in [0.25, 0.3) is 20.2 Å². The average molecular weight is 405 g/mol. The Morgan fingerprint density at radius 1 is 0.929 bits per heavy atom. The fraction of sp³-hybridized carbons (Fsp3) is 0.478. The zero-order valence-electron chi connectivity index (χ0n) is 16.4. The van der Waals surface area contributed by atoms with E-state index in [-0.39, 0.29) is 11.5 Å². The van der Waals surface area contributed by atoms with Crippen molar-refractivity contribution in [3.63, 3.8) is 0 Å². The largest absolute Gasteiger partial charge is 0.490 e. The van der Waals surface area contributed by atoms with Gasteiger partial charge in [-0.05, 0) is 55.4 Å². The van der Waals surface area contributed by atoms with E-state index in [1.54, 1.807) is 12.1 Å². The summed E-state index contributed by atoms with van der Waals surface area (Å²) in [7, 11) is 0. The van der Waals surface area contributed by atoms with Crippen LogP contribution in [0.1, 0.15) is 46.0 Å². The van der Waals surface area contributed by atoms with Crippen molar-refractivity contribution in [3.05, 3.63) is 35.9 Å². The predicted octanol–water partition coefficient (Wildman–Crippen LogP) is 7.33. The molecule has 0 amide bonds. The molecule has 4 rings (SSSR count). The molecular formula is C23H26F2O2S. The van der Waals surface area contributed by atoms with E-state index in [0.717, 1.165) is 41.4 Å². The van der Waals surface area contributed by atoms with Crippen molar-refractivity contribution in [2.75, 3.05) is 13.2 Å². The lowest BCUT2D eigenvalue weighted by Gasteiger charge is -2.12. The van der Waals surface area contributed by atoms with Crippen molar-refractivity contribution in [2.45, 2.75) is 46.0 Å². The van der Waals surface area contributed by atoms with Gasteiger partial charge in [0.05, 0.1) is 22.6 Å². The second-order valence-electron chi connectivity index (χ2n) is 8.10. The highest BCUT2D eigenvalue weighted by Gasteiger charge is 2.20. The molecule has 1 aliphatic carbocycles. The molecule has 0 N–H and O–H groups in total. The molecule has 5 heteroatoms. The zero-order chi connectivity index (χ0) is 19.7. The van der Waals surface area contributed by atoms with Gasteiger partial charge in [0, 0.05) is 10.8 Å². The van der Waals surface area contributed by atoms with Crippen LogP contribution < -0.4 is 9.47 Å². The lowest BCUT2D eigenvalue weighted by molar-refractivity contribution is 0.243. The van der Waals surface area contributed by atoms with E-state index in [0.29, 0.717) is 34.4 Å². The van der Waals surface area contributed by atoms with Crippen LogP contribution >= 0.6 is 11.3 Å². The fourth-order valence-electron chi connectivity index (χ4n) is 3.81. The van der Waals surface area contributed by atoms with Gasteiger partial charge in [0.25, 0.3) is 0 Å². The van der Waals surface area contributed by atoms with Gasteiger partial charge in [-0.2, -0.15) is 0 Å². The highest BCUT2D eigenvalue weighted by atomic mass is 32.1. The normalized spacial score (nSPS) is 15.2. The Morgan fingerprint density at radius 3 is 2.07 bits per heavy atom. The summed E-state index contributed by atoms with van der Waals surface area (Å²) in [4.78, 5) is 0. The average Bonchev–Trinajstić information content (AvgIpc) is 3.31. The molecule has 0 bridgehead atoms. The Balaban J connectivity index is 1.62. The molecule has 0 unspecified atom stereocenters. The van der Waals surface area contributed by atoms with E-state index in [4.69, 9.17) is 9.47 Å². The molecule has 1 aliphatic rings. The predicted molar refractivity (Wildman–Crippen MR) is 112 cm³/mol. The highest BCUT2D eigenvalue weighted by Crippen LogP contribution is 2.42. The van der Waals surface area contributed by atoms with Gasteiger partial charge in [-0.1, -0.05) is 26.7 Å². The standard InChI is InChI=1S/C23H26F2O2S/c1-14(2)11-12-26-18-9-7-16-17-8-10-19(27-13-15-5-3-4-6-15)21(25)23(17)28-22(16)20(18)24/h7-10,14-15H,3-6,11-13H2,1-2H3. The fourth-order valence-corrected chi connectivity index (χ4v) is 4.97. The van der Waals surface area contributed by atoms with E-state index in [9.17, 15) is 4.39 Å². The number of hydrogen-bond donors (Lipinski definition) is 0. The van der Waals surface area contributed by atoms with Crippen LogP contribution in [0.2, 0.25) is 0 Å². The second kappa shape index (κ2) is 8.24. The lowest BCUT2D eigenvalue weighted by Crippen LogP contribution is -2.08. The summed E-state index contributed by atoms with van der Waals surface area (Å²) < 4.78 is 42.2. The SMILES string of the molecule is CC(C)CCOc1ccc2c(sc3c(F)c(OCC4CCCC4)ccc32)c1F. The first kappa shape index (κ1) is 19.4. The Labute approximate surface area is 168 Å². The van der Waals surface area contributed by atoms with Gasteiger partial charge in [0.1, 0.15) is 0 Å². The summed E-state index contributed by atoms with van der Waals surface area (Å²) in [6, 6.07) is 6.97. The van der Waals surface area contributed by atoms with E-state index < -0.39 is 11.6 Å². The number of rotatable bonds is 7. The molecule has 2 nitrogen and oxygen atoms in total. The molecule has 1 saturated carbocycles. The van der Waals surface area contributed by atoms with Crippen LogP contribution in [-0.4, -0.2) is 13.2 Å². The Hall–Kier alpha value is -1.88. The summed E-state index contributed by atoms with van der Waals surface area (Å²) >= 11 is 1.13. The maximum atomic E-state index is 15.0. The quantitative estimate of drug-likeness (QED) is 0.410. The maximum Gasteiger partial charge on any atom is 0.182 e. The van der Waals surface area contributed by atoms with Crippen molar-refractivity contribution in [2.24, 2.45) is 11.8 Å². The number of halogens is 2. The van der Waals surface area contributed by atoms with Gasteiger partial charge < -0.3 is 9.47 Å². The van der Waals surface area contributed by atoms with E-state index in [1.807, 2.05) is 12.1 Å². The van der Waals surface area contributed by atoms with Crippen LogP contribution in [0.4, 0.5) is 8.78 Å². The molecule has 150 valence electrons. The van der Waals surface area contributed by atoms with Crippen molar-refractivity contribution in [3.8, 4) is 11.5 Å². The summed E-state index contributed by atoms with van der Waals surface area (Å²) in [5.74, 6) is 0.708. The van der Waals surface area contributed by atoms with Crippen molar-refractivity contribution >= 4 is 31.5 Å². The second-order valence-corrected chi connectivity index (χ2v) is 9.12. The summed E-state index contributed by atoms with van der Waals surface area (Å²) in [6.07, 6.45) is 5.62. The molecule has 3 aromatic rings. The van der Waals surface area contributed by atoms with Crippen LogP contribution in [0.15, 0.2) is 24.3 Å². The Bertz CT molecular complexity index is 974. The number of thiophene rings is 1. The van der Waals surface area contributed by atoms with E-state index in [2.05, 4.69) is 13.8 Å². The van der Waals surface area contributed by atoms with Gasteiger partial charge in [-0.3, -0.25) is 0 Å². The van der Waals surface area contributed by atoms with Gasteiger partial charge in [0.15, 0.2) is 23.1 Å². The first-order valence-corrected chi connectivity index (χ1v) is 10.9. The number of fused-ring (bicyclic) bond motifs is 3. The van der Waals surface area contributed by atoms with Crippen molar-refractivity contribution < 1.29 is 18.3 Å². The topological polar surface area (TPSA) is 18.5 Å². The van der Waals surface area contributed by atoms with E-state index >= 15 is 4.39 Å². The van der Waals surface area contributed by atoms with Gasteiger partial charge in [-0.15, -0.1) is 11.3 Å². The van der Waals surface area contributed by atoms with Crippen LogP contribution in [0.3, 0.4) is 0 Å². The maximum absolute atomic E-state index is 15.0. The molecule has 1 heterocycles. The molecule has 0 atom stereocenters. The molecule has 2 aromatic carbocycles. The molecule has 0 radical (unpaired) electrons. The zero-order valence-corrected chi connectivity index (χ0v) is 17.2. The monoisotopic (exact) mass is 404 g/mol. The van der Waals surface area contributed by atoms with Crippen LogP contribution in [0.5, 0.6) is 11.5 Å². The molecule has 0 spiro atoms. The summed E-state index contributed by atoms with van der Waals surface area (Å²) in [5, 5.41) is 1.44. The molecular weight excluding hydrogens is 378 g/mol. The van der Waals surface area contributed by atoms with Gasteiger partial charge in [-0.25, -0.2) is 8.78 Å². The van der Waals surface area contributed by atoms with Crippen LogP contribution in [-0.2, 0) is 0 Å². The third-order valence-electron chi connectivity index (χ3n) is 5.52. The lowest BCUT2D eigenvalue weighted by atomic mass is 10.1. The third kappa shape index (κ3) is 3.82. The van der Waals surface area contributed by atoms with Crippen LogP contribution in [0, 0.1) is 23.5 Å². The van der Waals surface area contributed by atoms with Crippen molar-refractivity contribution in [1.82, 2.24) is 0 Å². The molecule has 1 fully saturated rings. The van der Waals surface area contributed by atoms with E-state index in [1.165, 1.54) is 12.8 Å². The number of benzene rings is 2. The van der Waals surface area contributed by atoms with Gasteiger partial charge >= 0.3 is 0 Å². The number of ether oxygens (including phenoxy) is 2. The van der Waals surface area contributed by atoms with Crippen molar-refractivity contribution in [1.29, 1.82) is 0 Å². The minimum atomic E-state index is -0.407. The molecule has 0 saturated heterocycles.